The Morgan fingerprint density at radius 3 is 2.82 bits per heavy atom. The maximum Gasteiger partial charge on any atom is 0.215 e. The third-order valence-corrected chi connectivity index (χ3v) is 2.98. The van der Waals surface area contributed by atoms with Crippen LogP contribution in [0.1, 0.15) is 0 Å². The molecule has 0 radical (unpaired) electrons. The lowest BCUT2D eigenvalue weighted by Gasteiger charge is -2.22. The van der Waals surface area contributed by atoms with Crippen molar-refractivity contribution in [3.63, 3.8) is 0 Å². The Kier molecular flexibility index (Phi) is 2.10. The van der Waals surface area contributed by atoms with Crippen LogP contribution in [0.25, 0.3) is 0 Å². The van der Waals surface area contributed by atoms with Crippen molar-refractivity contribution in [3.8, 4) is 0 Å². The Balaban J connectivity index is 2.12. The Hall–Kier alpha value is -1.98. The number of rotatable bonds is 1. The van der Waals surface area contributed by atoms with E-state index in [1.807, 2.05) is 25.2 Å². The van der Waals surface area contributed by atoms with Gasteiger partial charge < -0.3 is 0 Å². The highest BCUT2D eigenvalue weighted by Gasteiger charge is 2.39. The number of hydrogen-bond donors (Lipinski definition) is 1. The normalized spacial score (nSPS) is 22.6. The number of fused-ring (bicyclic) bond motifs is 1. The Bertz CT molecular complexity index is 538. The molecule has 0 saturated carbocycles. The Morgan fingerprint density at radius 1 is 1.29 bits per heavy atom. The molecule has 3 rings (SSSR count). The van der Waals surface area contributed by atoms with Gasteiger partial charge in [-0.3, -0.25) is 4.90 Å². The second-order valence-corrected chi connectivity index (χ2v) is 4.40. The number of quaternary nitrogens is 1. The molecule has 1 aliphatic rings. The third-order valence-electron chi connectivity index (χ3n) is 2.98. The Morgan fingerprint density at radius 2 is 2.06 bits per heavy atom. The number of anilines is 2. The molecule has 0 fully saturated rings. The first-order chi connectivity index (χ1) is 8.18. The predicted octanol–water partition coefficient (Wildman–Crippen LogP) is 1.40. The first-order valence-corrected chi connectivity index (χ1v) is 5.46. The van der Waals surface area contributed by atoms with Crippen LogP contribution in [0.3, 0.4) is 0 Å². The van der Waals surface area contributed by atoms with Crippen molar-refractivity contribution in [2.24, 2.45) is 5.84 Å². The lowest BCUT2D eigenvalue weighted by Crippen LogP contribution is -2.52. The molecule has 5 nitrogen and oxygen atoms in total. The van der Waals surface area contributed by atoms with Crippen LogP contribution < -0.4 is 15.3 Å². The maximum absolute atomic E-state index is 6.23. The zero-order chi connectivity index (χ0) is 11.9. The molecule has 0 saturated heterocycles. The molecule has 1 aliphatic heterocycles. The highest BCUT2D eigenvalue weighted by atomic mass is 15.7. The average molecular weight is 228 g/mol. The summed E-state index contributed by atoms with van der Waals surface area (Å²) in [5.74, 6) is 7.12. The zero-order valence-electron chi connectivity index (χ0n) is 9.61. The van der Waals surface area contributed by atoms with E-state index in [-0.39, 0.29) is 4.59 Å². The standard InChI is InChI=1S/C12H14N5/c1-17(13)9-16(10-5-3-2-4-6-10)12-11(17)7-14-8-15-12/h2-8H,9,13H2,1H3/q+1. The van der Waals surface area contributed by atoms with E-state index in [1.54, 1.807) is 12.5 Å². The van der Waals surface area contributed by atoms with Crippen LogP contribution >= 0.6 is 0 Å². The van der Waals surface area contributed by atoms with E-state index in [9.17, 15) is 0 Å². The minimum atomic E-state index is 0.283. The van der Waals surface area contributed by atoms with Gasteiger partial charge in [0.15, 0.2) is 6.67 Å². The summed E-state index contributed by atoms with van der Waals surface area (Å²) in [5.41, 5.74) is 2.04. The quantitative estimate of drug-likeness (QED) is 0.592. The van der Waals surface area contributed by atoms with Gasteiger partial charge >= 0.3 is 0 Å². The molecule has 86 valence electrons. The van der Waals surface area contributed by atoms with Gasteiger partial charge in [0.2, 0.25) is 11.5 Å². The first-order valence-electron chi connectivity index (χ1n) is 5.46. The van der Waals surface area contributed by atoms with E-state index in [2.05, 4.69) is 27.0 Å². The summed E-state index contributed by atoms with van der Waals surface area (Å²) >= 11 is 0. The van der Waals surface area contributed by atoms with E-state index in [0.717, 1.165) is 17.2 Å². The topological polar surface area (TPSA) is 55.0 Å². The van der Waals surface area contributed by atoms with Crippen molar-refractivity contribution in [3.05, 3.63) is 42.9 Å². The van der Waals surface area contributed by atoms with Crippen LogP contribution in [0.4, 0.5) is 17.2 Å². The average Bonchev–Trinajstić information content (AvgIpc) is 2.64. The minimum absolute atomic E-state index is 0.283. The molecule has 0 bridgehead atoms. The number of benzene rings is 1. The zero-order valence-corrected chi connectivity index (χ0v) is 9.61. The van der Waals surface area contributed by atoms with Gasteiger partial charge in [0.25, 0.3) is 0 Å². The van der Waals surface area contributed by atoms with Crippen molar-refractivity contribution in [1.82, 2.24) is 14.6 Å². The van der Waals surface area contributed by atoms with Gasteiger partial charge in [0.1, 0.15) is 6.33 Å². The molecule has 17 heavy (non-hydrogen) atoms. The fraction of sp³-hybridized carbons (Fsp3) is 0.167. The summed E-state index contributed by atoms with van der Waals surface area (Å²) in [6, 6.07) is 10.1. The molecule has 1 atom stereocenters. The first kappa shape index (κ1) is 10.2. The molecule has 2 N–H and O–H groups in total. The summed E-state index contributed by atoms with van der Waals surface area (Å²) in [4.78, 5) is 10.5. The van der Waals surface area contributed by atoms with Crippen molar-refractivity contribution in [1.29, 1.82) is 0 Å². The number of hydrogen-bond acceptors (Lipinski definition) is 4. The van der Waals surface area contributed by atoms with Crippen LogP contribution in [0.15, 0.2) is 42.9 Å². The van der Waals surface area contributed by atoms with E-state index < -0.39 is 0 Å². The Labute approximate surface area is 99.7 Å². The number of nitrogens with zero attached hydrogens (tertiary/aromatic N) is 4. The lowest BCUT2D eigenvalue weighted by molar-refractivity contribution is 0.373. The van der Waals surface area contributed by atoms with Crippen molar-refractivity contribution in [2.45, 2.75) is 0 Å². The van der Waals surface area contributed by atoms with E-state index in [0.29, 0.717) is 6.67 Å². The fourth-order valence-corrected chi connectivity index (χ4v) is 2.13. The van der Waals surface area contributed by atoms with Crippen LogP contribution in [0.2, 0.25) is 0 Å². The molecule has 5 heteroatoms. The molecule has 2 heterocycles. The molecule has 1 unspecified atom stereocenters. The lowest BCUT2D eigenvalue weighted by atomic mass is 10.3. The summed E-state index contributed by atoms with van der Waals surface area (Å²) in [6.07, 6.45) is 3.34. The van der Waals surface area contributed by atoms with Crippen LogP contribution in [0.5, 0.6) is 0 Å². The van der Waals surface area contributed by atoms with Gasteiger partial charge in [-0.1, -0.05) is 18.2 Å². The minimum Gasteiger partial charge on any atom is -0.271 e. The van der Waals surface area contributed by atoms with Gasteiger partial charge in [-0.15, -0.1) is 0 Å². The highest BCUT2D eigenvalue weighted by molar-refractivity contribution is 5.75. The van der Waals surface area contributed by atoms with E-state index in [4.69, 9.17) is 5.84 Å². The SMILES string of the molecule is C[N+]1(N)CN(c2ccccc2)c2ncncc21. The van der Waals surface area contributed by atoms with Crippen molar-refractivity contribution in [2.75, 3.05) is 18.6 Å². The van der Waals surface area contributed by atoms with Gasteiger partial charge in [-0.2, -0.15) is 10.4 Å². The van der Waals surface area contributed by atoms with E-state index >= 15 is 0 Å². The molecule has 1 aromatic heterocycles. The summed E-state index contributed by atoms with van der Waals surface area (Å²) in [6.45, 7) is 0.665. The van der Waals surface area contributed by atoms with Gasteiger partial charge in [-0.25, -0.2) is 9.97 Å². The molecular formula is C12H14N5+. The molecule has 1 aromatic carbocycles. The van der Waals surface area contributed by atoms with Crippen LogP contribution in [-0.4, -0.2) is 23.7 Å². The summed E-state index contributed by atoms with van der Waals surface area (Å²) in [7, 11) is 1.95. The van der Waals surface area contributed by atoms with Crippen LogP contribution in [0, 0.1) is 0 Å². The number of para-hydroxylation sites is 1. The molecule has 0 spiro atoms. The number of nitrogens with two attached hydrogens (primary N) is 1. The molecule has 2 aromatic rings. The highest BCUT2D eigenvalue weighted by Crippen LogP contribution is 2.39. The predicted molar refractivity (Wildman–Crippen MR) is 67.4 cm³/mol. The van der Waals surface area contributed by atoms with E-state index in [1.165, 1.54) is 0 Å². The number of aromatic nitrogens is 2. The second kappa shape index (κ2) is 3.51. The maximum atomic E-state index is 6.23. The summed E-state index contributed by atoms with van der Waals surface area (Å²) < 4.78 is 0.283. The van der Waals surface area contributed by atoms with Gasteiger partial charge in [0.05, 0.1) is 13.2 Å². The molecular weight excluding hydrogens is 214 g/mol. The summed E-state index contributed by atoms with van der Waals surface area (Å²) in [5, 5.41) is 0. The fourth-order valence-electron chi connectivity index (χ4n) is 2.13. The molecule has 0 aliphatic carbocycles. The largest absolute Gasteiger partial charge is 0.271 e. The van der Waals surface area contributed by atoms with Crippen LogP contribution in [-0.2, 0) is 0 Å². The monoisotopic (exact) mass is 228 g/mol. The second-order valence-electron chi connectivity index (χ2n) is 4.40. The van der Waals surface area contributed by atoms with Crippen molar-refractivity contribution >= 4 is 17.2 Å². The third kappa shape index (κ3) is 1.56. The van der Waals surface area contributed by atoms with Gasteiger partial charge in [0, 0.05) is 5.69 Å². The van der Waals surface area contributed by atoms with Gasteiger partial charge in [-0.05, 0) is 12.1 Å². The van der Waals surface area contributed by atoms with Crippen molar-refractivity contribution < 1.29 is 0 Å². The smallest absolute Gasteiger partial charge is 0.215 e. The molecule has 0 amide bonds.